The van der Waals surface area contributed by atoms with Gasteiger partial charge in [-0.25, -0.2) is 0 Å². The van der Waals surface area contributed by atoms with E-state index in [2.05, 4.69) is 38.7 Å². The topological polar surface area (TPSA) is 12.5 Å². The van der Waals surface area contributed by atoms with Crippen molar-refractivity contribution in [2.45, 2.75) is 52.2 Å². The number of ether oxygens (including phenoxy) is 1. The lowest BCUT2D eigenvalue weighted by atomic mass is 9.89. The van der Waals surface area contributed by atoms with Crippen LogP contribution < -0.4 is 0 Å². The smallest absolute Gasteiger partial charge is 0.0894 e. The molecule has 0 amide bonds. The molecule has 0 radical (unpaired) electrons. The van der Waals surface area contributed by atoms with E-state index in [4.69, 9.17) is 4.74 Å². The summed E-state index contributed by atoms with van der Waals surface area (Å²) in [4.78, 5) is 2.55. The van der Waals surface area contributed by atoms with Gasteiger partial charge in [-0.15, -0.1) is 0 Å². The first kappa shape index (κ1) is 12.1. The van der Waals surface area contributed by atoms with E-state index in [1.54, 1.807) is 0 Å². The molecular weight excluding hydrogens is 198 g/mol. The molecule has 0 aromatic rings. The molecule has 0 atom stereocenters. The van der Waals surface area contributed by atoms with Crippen LogP contribution in [0.5, 0.6) is 0 Å². The number of nitrogens with zero attached hydrogens (tertiary/aromatic N) is 1. The zero-order valence-electron chi connectivity index (χ0n) is 11.1. The highest BCUT2D eigenvalue weighted by Gasteiger charge is 2.38. The quantitative estimate of drug-likeness (QED) is 0.667. The number of rotatable bonds is 2. The number of piperidine rings is 1. The van der Waals surface area contributed by atoms with Crippen LogP contribution >= 0.6 is 0 Å². The Morgan fingerprint density at radius 1 is 1.19 bits per heavy atom. The third kappa shape index (κ3) is 2.33. The highest BCUT2D eigenvalue weighted by Crippen LogP contribution is 2.36. The standard InChI is InChI=1S/C14H25NO/c1-11(2)13-9-14(16-10-13)5-7-15(8-6-14)12(3)4/h9,11-12H,5-8,10H2,1-4H3. The van der Waals surface area contributed by atoms with Crippen LogP contribution in [0.4, 0.5) is 0 Å². The zero-order chi connectivity index (χ0) is 11.8. The largest absolute Gasteiger partial charge is 0.366 e. The summed E-state index contributed by atoms with van der Waals surface area (Å²) in [5.74, 6) is 0.641. The van der Waals surface area contributed by atoms with Crippen LogP contribution in [-0.4, -0.2) is 36.2 Å². The number of hydrogen-bond donors (Lipinski definition) is 0. The molecule has 0 aliphatic carbocycles. The number of hydrogen-bond acceptors (Lipinski definition) is 2. The lowest BCUT2D eigenvalue weighted by Gasteiger charge is -2.39. The van der Waals surface area contributed by atoms with Gasteiger partial charge in [0.05, 0.1) is 12.2 Å². The van der Waals surface area contributed by atoms with Gasteiger partial charge in [0.25, 0.3) is 0 Å². The van der Waals surface area contributed by atoms with E-state index in [-0.39, 0.29) is 5.60 Å². The van der Waals surface area contributed by atoms with E-state index in [0.29, 0.717) is 12.0 Å². The second kappa shape index (κ2) is 4.50. The van der Waals surface area contributed by atoms with Crippen LogP contribution in [0.3, 0.4) is 0 Å². The Kier molecular flexibility index (Phi) is 3.41. The minimum atomic E-state index is 0.0883. The lowest BCUT2D eigenvalue weighted by molar-refractivity contribution is -0.0301. The summed E-state index contributed by atoms with van der Waals surface area (Å²) in [7, 11) is 0. The summed E-state index contributed by atoms with van der Waals surface area (Å²) in [5, 5.41) is 0. The van der Waals surface area contributed by atoms with Gasteiger partial charge in [0.2, 0.25) is 0 Å². The third-order valence-electron chi connectivity index (χ3n) is 4.09. The Morgan fingerprint density at radius 2 is 1.81 bits per heavy atom. The van der Waals surface area contributed by atoms with Crippen molar-refractivity contribution in [2.75, 3.05) is 19.7 Å². The maximum atomic E-state index is 6.06. The van der Waals surface area contributed by atoms with Gasteiger partial charge in [0.15, 0.2) is 0 Å². The zero-order valence-corrected chi connectivity index (χ0v) is 11.1. The second-order valence-electron chi connectivity index (χ2n) is 5.86. The molecule has 0 unspecified atom stereocenters. The van der Waals surface area contributed by atoms with Crippen molar-refractivity contribution in [3.05, 3.63) is 11.6 Å². The van der Waals surface area contributed by atoms with E-state index in [9.17, 15) is 0 Å². The molecule has 0 aromatic carbocycles. The van der Waals surface area contributed by atoms with Crippen LogP contribution in [0.15, 0.2) is 11.6 Å². The monoisotopic (exact) mass is 223 g/mol. The van der Waals surface area contributed by atoms with Crippen molar-refractivity contribution in [1.82, 2.24) is 4.90 Å². The molecule has 2 rings (SSSR count). The lowest BCUT2D eigenvalue weighted by Crippen LogP contribution is -2.46. The Bertz CT molecular complexity index is 272. The molecule has 0 aromatic heterocycles. The average molecular weight is 223 g/mol. The second-order valence-corrected chi connectivity index (χ2v) is 5.86. The van der Waals surface area contributed by atoms with Gasteiger partial charge in [-0.3, -0.25) is 0 Å². The highest BCUT2D eigenvalue weighted by molar-refractivity contribution is 5.20. The fourth-order valence-electron chi connectivity index (χ4n) is 2.69. The van der Waals surface area contributed by atoms with Crippen LogP contribution in [0.25, 0.3) is 0 Å². The highest BCUT2D eigenvalue weighted by atomic mass is 16.5. The molecule has 2 heteroatoms. The molecule has 2 aliphatic heterocycles. The van der Waals surface area contributed by atoms with Gasteiger partial charge in [0.1, 0.15) is 0 Å². The summed E-state index contributed by atoms with van der Waals surface area (Å²) in [5.41, 5.74) is 1.59. The minimum absolute atomic E-state index is 0.0883. The molecule has 0 bridgehead atoms. The maximum Gasteiger partial charge on any atom is 0.0894 e. The van der Waals surface area contributed by atoms with Gasteiger partial charge >= 0.3 is 0 Å². The van der Waals surface area contributed by atoms with Crippen molar-refractivity contribution in [3.63, 3.8) is 0 Å². The fraction of sp³-hybridized carbons (Fsp3) is 0.857. The van der Waals surface area contributed by atoms with E-state index in [1.165, 1.54) is 31.5 Å². The van der Waals surface area contributed by atoms with Crippen LogP contribution in [0.2, 0.25) is 0 Å². The first-order valence-corrected chi connectivity index (χ1v) is 6.62. The molecule has 1 saturated heterocycles. The minimum Gasteiger partial charge on any atom is -0.366 e. The van der Waals surface area contributed by atoms with Crippen molar-refractivity contribution < 1.29 is 4.74 Å². The third-order valence-corrected chi connectivity index (χ3v) is 4.09. The predicted molar refractivity (Wildman–Crippen MR) is 67.5 cm³/mol. The normalized spacial score (nSPS) is 25.8. The van der Waals surface area contributed by atoms with Crippen molar-refractivity contribution in [2.24, 2.45) is 5.92 Å². The van der Waals surface area contributed by atoms with Gasteiger partial charge < -0.3 is 9.64 Å². The Labute approximate surface area is 99.7 Å². The molecule has 2 nitrogen and oxygen atoms in total. The average Bonchev–Trinajstić information content (AvgIpc) is 2.63. The summed E-state index contributed by atoms with van der Waals surface area (Å²) in [6, 6.07) is 0.673. The molecule has 92 valence electrons. The first-order chi connectivity index (χ1) is 7.52. The summed E-state index contributed by atoms with van der Waals surface area (Å²) < 4.78 is 6.06. The fourth-order valence-corrected chi connectivity index (χ4v) is 2.69. The molecule has 2 heterocycles. The Morgan fingerprint density at radius 3 is 2.25 bits per heavy atom. The SMILES string of the molecule is CC(C)C1=CC2(CCN(C(C)C)CC2)OC1. The van der Waals surface area contributed by atoms with Gasteiger partial charge in [-0.1, -0.05) is 19.9 Å². The van der Waals surface area contributed by atoms with Gasteiger partial charge in [-0.05, 0) is 38.2 Å². The summed E-state index contributed by atoms with van der Waals surface area (Å²) in [6.45, 7) is 12.3. The van der Waals surface area contributed by atoms with E-state index in [0.717, 1.165) is 6.61 Å². The molecular formula is C14H25NO. The number of likely N-dealkylation sites (tertiary alicyclic amines) is 1. The van der Waals surface area contributed by atoms with Crippen molar-refractivity contribution in [1.29, 1.82) is 0 Å². The Hall–Kier alpha value is -0.340. The van der Waals surface area contributed by atoms with E-state index < -0.39 is 0 Å². The van der Waals surface area contributed by atoms with Crippen molar-refractivity contribution in [3.8, 4) is 0 Å². The van der Waals surface area contributed by atoms with Gasteiger partial charge in [-0.2, -0.15) is 0 Å². The summed E-state index contributed by atoms with van der Waals surface area (Å²) >= 11 is 0. The summed E-state index contributed by atoms with van der Waals surface area (Å²) in [6.07, 6.45) is 4.76. The molecule has 1 fully saturated rings. The van der Waals surface area contributed by atoms with E-state index >= 15 is 0 Å². The van der Waals surface area contributed by atoms with E-state index in [1.807, 2.05) is 0 Å². The maximum absolute atomic E-state index is 6.06. The predicted octanol–water partition coefficient (Wildman–Crippen LogP) is 2.84. The Balaban J connectivity index is 1.98. The van der Waals surface area contributed by atoms with Crippen molar-refractivity contribution >= 4 is 0 Å². The molecule has 1 spiro atoms. The van der Waals surface area contributed by atoms with Gasteiger partial charge in [0, 0.05) is 19.1 Å². The van der Waals surface area contributed by atoms with Crippen LogP contribution in [0, 0.1) is 5.92 Å². The van der Waals surface area contributed by atoms with Crippen LogP contribution in [-0.2, 0) is 4.74 Å². The van der Waals surface area contributed by atoms with Crippen LogP contribution in [0.1, 0.15) is 40.5 Å². The first-order valence-electron chi connectivity index (χ1n) is 6.62. The molecule has 0 saturated carbocycles. The molecule has 0 N–H and O–H groups in total. The molecule has 2 aliphatic rings. The molecule has 16 heavy (non-hydrogen) atoms.